The molecule has 1 atom stereocenters. The van der Waals surface area contributed by atoms with E-state index in [9.17, 15) is 13.9 Å². The maximum atomic E-state index is 13.6. The summed E-state index contributed by atoms with van der Waals surface area (Å²) in [5.41, 5.74) is 1.53. The molecular formula is C14H11F2IO. The molecule has 0 aliphatic heterocycles. The number of hydrogen-bond donors (Lipinski definition) is 1. The van der Waals surface area contributed by atoms with Crippen molar-refractivity contribution in [2.24, 2.45) is 0 Å². The number of benzene rings is 2. The Balaban J connectivity index is 2.51. The third kappa shape index (κ3) is 2.40. The molecular weight excluding hydrogens is 349 g/mol. The minimum Gasteiger partial charge on any atom is -0.384 e. The van der Waals surface area contributed by atoms with Gasteiger partial charge in [-0.05, 0) is 46.7 Å². The highest BCUT2D eigenvalue weighted by atomic mass is 127. The zero-order chi connectivity index (χ0) is 13.3. The van der Waals surface area contributed by atoms with E-state index in [0.29, 0.717) is 5.56 Å². The van der Waals surface area contributed by atoms with Gasteiger partial charge in [-0.15, -0.1) is 0 Å². The van der Waals surface area contributed by atoms with Crippen molar-refractivity contribution in [3.05, 3.63) is 68.3 Å². The highest BCUT2D eigenvalue weighted by molar-refractivity contribution is 14.1. The van der Waals surface area contributed by atoms with Gasteiger partial charge in [0.2, 0.25) is 0 Å². The zero-order valence-corrected chi connectivity index (χ0v) is 11.8. The summed E-state index contributed by atoms with van der Waals surface area (Å²) in [7, 11) is 0. The van der Waals surface area contributed by atoms with Gasteiger partial charge in [0, 0.05) is 9.13 Å². The minimum absolute atomic E-state index is 0.0430. The SMILES string of the molecule is Cc1cccc(C(O)c2cccc(F)c2F)c1I. The van der Waals surface area contributed by atoms with Gasteiger partial charge < -0.3 is 5.11 Å². The summed E-state index contributed by atoms with van der Waals surface area (Å²) in [4.78, 5) is 0. The van der Waals surface area contributed by atoms with Crippen LogP contribution in [0.1, 0.15) is 22.8 Å². The molecule has 0 saturated heterocycles. The van der Waals surface area contributed by atoms with Crippen LogP contribution in [0.4, 0.5) is 8.78 Å². The Bertz CT molecular complexity index is 533. The Labute approximate surface area is 118 Å². The van der Waals surface area contributed by atoms with Crippen LogP contribution in [0.25, 0.3) is 0 Å². The van der Waals surface area contributed by atoms with E-state index in [2.05, 4.69) is 22.6 Å². The Hall–Kier alpha value is -1.01. The van der Waals surface area contributed by atoms with E-state index in [1.54, 1.807) is 12.1 Å². The van der Waals surface area contributed by atoms with Gasteiger partial charge in [-0.1, -0.05) is 30.3 Å². The summed E-state index contributed by atoms with van der Waals surface area (Å²) in [5.74, 6) is -1.95. The third-order valence-corrected chi connectivity index (χ3v) is 4.27. The summed E-state index contributed by atoms with van der Waals surface area (Å²) in [6.45, 7) is 1.90. The fraction of sp³-hybridized carbons (Fsp3) is 0.143. The standard InChI is InChI=1S/C14H11F2IO/c1-8-4-2-6-10(13(8)17)14(18)9-5-3-7-11(15)12(9)16/h2-7,14,18H,1H3. The quantitative estimate of drug-likeness (QED) is 0.804. The fourth-order valence-corrected chi connectivity index (χ4v) is 2.44. The zero-order valence-electron chi connectivity index (χ0n) is 9.62. The lowest BCUT2D eigenvalue weighted by Gasteiger charge is -2.15. The Morgan fingerprint density at radius 3 is 2.39 bits per heavy atom. The molecule has 0 bridgehead atoms. The molecule has 4 heteroatoms. The lowest BCUT2D eigenvalue weighted by atomic mass is 9.99. The molecule has 2 aromatic rings. The minimum atomic E-state index is -1.16. The van der Waals surface area contributed by atoms with E-state index in [1.165, 1.54) is 12.1 Å². The van der Waals surface area contributed by atoms with Gasteiger partial charge in [0.05, 0.1) is 0 Å². The summed E-state index contributed by atoms with van der Waals surface area (Å²) in [5, 5.41) is 10.2. The van der Waals surface area contributed by atoms with Crippen LogP contribution in [0, 0.1) is 22.1 Å². The van der Waals surface area contributed by atoms with Crippen molar-refractivity contribution in [3.63, 3.8) is 0 Å². The summed E-state index contributed by atoms with van der Waals surface area (Å²) in [6, 6.07) is 9.21. The highest BCUT2D eigenvalue weighted by Crippen LogP contribution is 2.30. The number of halogens is 3. The van der Waals surface area contributed by atoms with Crippen molar-refractivity contribution in [3.8, 4) is 0 Å². The van der Waals surface area contributed by atoms with Crippen LogP contribution in [-0.2, 0) is 0 Å². The van der Waals surface area contributed by atoms with E-state index in [-0.39, 0.29) is 5.56 Å². The second-order valence-electron chi connectivity index (χ2n) is 4.02. The molecule has 0 spiro atoms. The van der Waals surface area contributed by atoms with Gasteiger partial charge >= 0.3 is 0 Å². The number of aryl methyl sites for hydroxylation is 1. The largest absolute Gasteiger partial charge is 0.384 e. The monoisotopic (exact) mass is 360 g/mol. The molecule has 0 aliphatic rings. The van der Waals surface area contributed by atoms with Gasteiger partial charge in [-0.2, -0.15) is 0 Å². The van der Waals surface area contributed by atoms with Crippen LogP contribution in [0.15, 0.2) is 36.4 Å². The second kappa shape index (κ2) is 5.32. The number of hydrogen-bond acceptors (Lipinski definition) is 1. The van der Waals surface area contributed by atoms with Gasteiger partial charge in [0.1, 0.15) is 6.10 Å². The first-order valence-electron chi connectivity index (χ1n) is 5.39. The normalized spacial score (nSPS) is 12.5. The van der Waals surface area contributed by atoms with Crippen molar-refractivity contribution in [2.45, 2.75) is 13.0 Å². The van der Waals surface area contributed by atoms with Gasteiger partial charge in [-0.3, -0.25) is 0 Å². The van der Waals surface area contributed by atoms with Gasteiger partial charge in [0.15, 0.2) is 11.6 Å². The Morgan fingerprint density at radius 1 is 1.06 bits per heavy atom. The van der Waals surface area contributed by atoms with E-state index < -0.39 is 17.7 Å². The predicted molar refractivity (Wildman–Crippen MR) is 74.3 cm³/mol. The molecule has 0 aromatic heterocycles. The molecule has 18 heavy (non-hydrogen) atoms. The van der Waals surface area contributed by atoms with E-state index in [0.717, 1.165) is 15.2 Å². The molecule has 1 unspecified atom stereocenters. The van der Waals surface area contributed by atoms with Crippen LogP contribution in [0.2, 0.25) is 0 Å². The molecule has 2 rings (SSSR count). The maximum Gasteiger partial charge on any atom is 0.164 e. The van der Waals surface area contributed by atoms with E-state index >= 15 is 0 Å². The van der Waals surface area contributed by atoms with Crippen molar-refractivity contribution >= 4 is 22.6 Å². The van der Waals surface area contributed by atoms with Gasteiger partial charge in [-0.25, -0.2) is 8.78 Å². The second-order valence-corrected chi connectivity index (χ2v) is 5.10. The lowest BCUT2D eigenvalue weighted by Crippen LogP contribution is -2.06. The fourth-order valence-electron chi connectivity index (χ4n) is 1.78. The topological polar surface area (TPSA) is 20.2 Å². The number of aliphatic hydroxyl groups excluding tert-OH is 1. The van der Waals surface area contributed by atoms with Crippen molar-refractivity contribution < 1.29 is 13.9 Å². The molecule has 0 fully saturated rings. The first-order valence-corrected chi connectivity index (χ1v) is 6.47. The average molecular weight is 360 g/mol. The van der Waals surface area contributed by atoms with Crippen molar-refractivity contribution in [1.29, 1.82) is 0 Å². The Morgan fingerprint density at radius 2 is 1.67 bits per heavy atom. The number of aliphatic hydroxyl groups is 1. The first-order chi connectivity index (χ1) is 8.52. The molecule has 0 radical (unpaired) electrons. The van der Waals surface area contributed by atoms with Crippen molar-refractivity contribution in [1.82, 2.24) is 0 Å². The van der Waals surface area contributed by atoms with Crippen molar-refractivity contribution in [2.75, 3.05) is 0 Å². The van der Waals surface area contributed by atoms with Crippen LogP contribution < -0.4 is 0 Å². The average Bonchev–Trinajstić information content (AvgIpc) is 2.35. The molecule has 2 aromatic carbocycles. The molecule has 0 amide bonds. The maximum absolute atomic E-state index is 13.6. The van der Waals surface area contributed by atoms with E-state index in [1.807, 2.05) is 13.0 Å². The molecule has 94 valence electrons. The van der Waals surface area contributed by atoms with Crippen LogP contribution in [0.3, 0.4) is 0 Å². The molecule has 0 saturated carbocycles. The van der Waals surface area contributed by atoms with E-state index in [4.69, 9.17) is 0 Å². The molecule has 1 nitrogen and oxygen atoms in total. The number of rotatable bonds is 2. The summed E-state index contributed by atoms with van der Waals surface area (Å²) >= 11 is 2.09. The Kier molecular flexibility index (Phi) is 3.97. The smallest absolute Gasteiger partial charge is 0.164 e. The third-order valence-electron chi connectivity index (χ3n) is 2.79. The lowest BCUT2D eigenvalue weighted by molar-refractivity contribution is 0.212. The summed E-state index contributed by atoms with van der Waals surface area (Å²) in [6.07, 6.45) is -1.16. The highest BCUT2D eigenvalue weighted by Gasteiger charge is 2.19. The van der Waals surface area contributed by atoms with Crippen LogP contribution in [-0.4, -0.2) is 5.11 Å². The first kappa shape index (κ1) is 13.4. The summed E-state index contributed by atoms with van der Waals surface area (Å²) < 4.78 is 27.6. The predicted octanol–water partition coefficient (Wildman–Crippen LogP) is 3.96. The van der Waals surface area contributed by atoms with Crippen LogP contribution in [0.5, 0.6) is 0 Å². The molecule has 1 N–H and O–H groups in total. The van der Waals surface area contributed by atoms with Gasteiger partial charge in [0.25, 0.3) is 0 Å². The molecule has 0 aliphatic carbocycles. The molecule has 0 heterocycles. The van der Waals surface area contributed by atoms with Crippen LogP contribution >= 0.6 is 22.6 Å².